The molecule has 2 aliphatic rings. The normalized spacial score (nSPS) is 13.1. The summed E-state index contributed by atoms with van der Waals surface area (Å²) in [6.45, 7) is 0. The SMILES string of the molecule is Brc1cccc(I)c1.Brc1cccc(N2c3ccccc3C(c3ccccc3)(c3ccccc3)c3ccccc32)c1.C.[2HH].[B].c1ccc(C2(c3ccccc3)c3ccccc3Cc3ccccc32)cc1. The first-order valence-corrected chi connectivity index (χ1v) is 25.2. The van der Waals surface area contributed by atoms with Gasteiger partial charge in [-0.05, 0) is 133 Å². The van der Waals surface area contributed by atoms with E-state index in [9.17, 15) is 0 Å². The number of halogens is 3. The van der Waals surface area contributed by atoms with Crippen LogP contribution in [0.3, 0.4) is 0 Å². The fourth-order valence-corrected chi connectivity index (χ4v) is 12.1. The van der Waals surface area contributed by atoms with Crippen molar-refractivity contribution in [3.8, 4) is 0 Å². The van der Waals surface area contributed by atoms with E-state index in [1.165, 1.54) is 70.6 Å². The number of para-hydroxylation sites is 2. The van der Waals surface area contributed by atoms with Gasteiger partial charge in [-0.1, -0.05) is 258 Å². The molecular formula is C64H52BBr2IN. The molecule has 1 nitrogen and oxygen atoms in total. The lowest BCUT2D eigenvalue weighted by atomic mass is 9.60. The highest BCUT2D eigenvalue weighted by molar-refractivity contribution is 14.1. The number of benzene rings is 10. The van der Waals surface area contributed by atoms with Gasteiger partial charge in [0.05, 0.1) is 22.2 Å². The van der Waals surface area contributed by atoms with Crippen molar-refractivity contribution in [1.82, 2.24) is 0 Å². The average Bonchev–Trinajstić information content (AvgIpc) is 3.38. The molecule has 5 heteroatoms. The van der Waals surface area contributed by atoms with Gasteiger partial charge >= 0.3 is 0 Å². The van der Waals surface area contributed by atoms with E-state index in [2.05, 4.69) is 314 Å². The van der Waals surface area contributed by atoms with Crippen molar-refractivity contribution in [3.63, 3.8) is 0 Å². The van der Waals surface area contributed by atoms with Gasteiger partial charge < -0.3 is 4.90 Å². The maximum atomic E-state index is 3.68. The summed E-state index contributed by atoms with van der Waals surface area (Å²) in [6.07, 6.45) is 0.994. The Morgan fingerprint density at radius 1 is 0.362 bits per heavy atom. The maximum absolute atomic E-state index is 3.68. The van der Waals surface area contributed by atoms with Gasteiger partial charge in [0.25, 0.3) is 0 Å². The van der Waals surface area contributed by atoms with Gasteiger partial charge in [-0.15, -0.1) is 0 Å². The van der Waals surface area contributed by atoms with Crippen LogP contribution in [0.1, 0.15) is 64.5 Å². The molecule has 1 heterocycles. The van der Waals surface area contributed by atoms with Crippen LogP contribution in [0.2, 0.25) is 0 Å². The van der Waals surface area contributed by atoms with E-state index in [1.54, 1.807) is 0 Å². The zero-order chi connectivity index (χ0) is 45.6. The minimum atomic E-state index is -0.418. The Morgan fingerprint density at radius 2 is 0.696 bits per heavy atom. The Morgan fingerprint density at radius 3 is 1.07 bits per heavy atom. The van der Waals surface area contributed by atoms with Gasteiger partial charge in [0.15, 0.2) is 0 Å². The lowest BCUT2D eigenvalue weighted by Gasteiger charge is -2.46. The van der Waals surface area contributed by atoms with Crippen LogP contribution in [0.25, 0.3) is 0 Å². The van der Waals surface area contributed by atoms with Crippen LogP contribution < -0.4 is 4.90 Å². The standard InChI is InChI=1S/C31H22BrN.C26H20.C6H4BrI.CH4.B.H2/c32-25-16-11-17-26(22-25)33-29-20-9-7-18-27(29)31(23-12-3-1-4-13-23,24-14-5-2-6-15-24)28-19-8-10-21-30(28)33;1-3-13-22(14-4-1)26(23-15-5-2-6-16-23)24-17-9-7-11-20(24)19-21-12-8-10-18-25(21)26;7-5-2-1-3-6(8)4-5;;;/h1-22H;1-18H,19H2;1-4H;1H4;;1H/i;;;;;1+1. The van der Waals surface area contributed by atoms with Crippen molar-refractivity contribution < 1.29 is 1.43 Å². The van der Waals surface area contributed by atoms with Crippen LogP contribution in [-0.2, 0) is 17.3 Å². The van der Waals surface area contributed by atoms with Gasteiger partial charge in [0.2, 0.25) is 0 Å². The van der Waals surface area contributed by atoms with E-state index in [-0.39, 0.29) is 22.7 Å². The average molecular weight is 1130 g/mol. The number of anilines is 3. The quantitative estimate of drug-likeness (QED) is 0.123. The highest BCUT2D eigenvalue weighted by Crippen LogP contribution is 2.57. The molecule has 69 heavy (non-hydrogen) atoms. The Balaban J connectivity index is 0.000000175. The molecule has 0 saturated carbocycles. The lowest BCUT2D eigenvalue weighted by Crippen LogP contribution is -2.37. The van der Waals surface area contributed by atoms with E-state index < -0.39 is 5.41 Å². The number of nitrogens with zero attached hydrogens (tertiary/aromatic N) is 1. The molecule has 0 fully saturated rings. The molecule has 0 saturated heterocycles. The van der Waals surface area contributed by atoms with Crippen molar-refractivity contribution in [3.05, 3.63) is 335 Å². The second-order valence-corrected chi connectivity index (χ2v) is 19.8. The Bertz CT molecular complexity index is 3090. The highest BCUT2D eigenvalue weighted by Gasteiger charge is 2.46. The fraction of sp³-hybridized carbons (Fsp3) is 0.0625. The van der Waals surface area contributed by atoms with Crippen molar-refractivity contribution in [2.45, 2.75) is 24.7 Å². The first-order chi connectivity index (χ1) is 33.0. The number of hydrogen-bond donors (Lipinski definition) is 0. The topological polar surface area (TPSA) is 3.24 Å². The molecule has 0 atom stereocenters. The van der Waals surface area contributed by atoms with Gasteiger partial charge in [-0.2, -0.15) is 0 Å². The second kappa shape index (κ2) is 22.0. The molecule has 10 aromatic rings. The monoisotopic (exact) mass is 1130 g/mol. The predicted octanol–water partition coefficient (Wildman–Crippen LogP) is 18.1. The largest absolute Gasteiger partial charge is 0.310 e. The molecule has 1 aliphatic heterocycles. The summed E-state index contributed by atoms with van der Waals surface area (Å²) in [4.78, 5) is 2.39. The van der Waals surface area contributed by atoms with Gasteiger partial charge in [0, 0.05) is 28.0 Å². The number of fused-ring (bicyclic) bond motifs is 4. The minimum Gasteiger partial charge on any atom is -0.310 e. The molecular weight excluding hydrogens is 1080 g/mol. The Hall–Kier alpha value is -6.25. The molecule has 3 radical (unpaired) electrons. The molecule has 0 unspecified atom stereocenters. The molecule has 0 amide bonds. The first kappa shape index (κ1) is 49.2. The highest BCUT2D eigenvalue weighted by atomic mass is 127. The van der Waals surface area contributed by atoms with E-state index in [0.717, 1.165) is 21.1 Å². The molecule has 10 aromatic carbocycles. The van der Waals surface area contributed by atoms with Crippen molar-refractivity contribution in [2.24, 2.45) is 0 Å². The van der Waals surface area contributed by atoms with Crippen molar-refractivity contribution >= 4 is 79.9 Å². The second-order valence-electron chi connectivity index (χ2n) is 16.7. The van der Waals surface area contributed by atoms with Crippen LogP contribution in [0, 0.1) is 3.57 Å². The van der Waals surface area contributed by atoms with E-state index in [1.807, 2.05) is 12.1 Å². The first-order valence-electron chi connectivity index (χ1n) is 22.5. The summed E-state index contributed by atoms with van der Waals surface area (Å²) in [5.74, 6) is 0. The third kappa shape index (κ3) is 9.33. The third-order valence-electron chi connectivity index (χ3n) is 13.0. The van der Waals surface area contributed by atoms with Crippen LogP contribution in [0.5, 0.6) is 0 Å². The minimum absolute atomic E-state index is 0. The van der Waals surface area contributed by atoms with E-state index in [0.29, 0.717) is 0 Å². The third-order valence-corrected chi connectivity index (χ3v) is 14.7. The van der Waals surface area contributed by atoms with E-state index in [4.69, 9.17) is 0 Å². The van der Waals surface area contributed by atoms with Crippen molar-refractivity contribution in [2.75, 3.05) is 4.90 Å². The summed E-state index contributed by atoms with van der Waals surface area (Å²) >= 11 is 9.31. The molecule has 337 valence electrons. The zero-order valence-corrected chi connectivity index (χ0v) is 42.6. The summed E-state index contributed by atoms with van der Waals surface area (Å²) < 4.78 is 3.47. The maximum Gasteiger partial charge on any atom is 0.0742 e. The smallest absolute Gasteiger partial charge is 0.0742 e. The Kier molecular flexibility index (Phi) is 15.7. The number of hydrogen-bond acceptors (Lipinski definition) is 1. The van der Waals surface area contributed by atoms with Crippen LogP contribution in [-0.4, -0.2) is 8.41 Å². The number of rotatable bonds is 5. The van der Waals surface area contributed by atoms with Gasteiger partial charge in [-0.25, -0.2) is 0 Å². The van der Waals surface area contributed by atoms with Crippen LogP contribution in [0.4, 0.5) is 17.1 Å². The molecule has 0 aromatic heterocycles. The zero-order valence-electron chi connectivity index (χ0n) is 37.3. The van der Waals surface area contributed by atoms with E-state index >= 15 is 0 Å². The predicted molar refractivity (Wildman–Crippen MR) is 310 cm³/mol. The summed E-state index contributed by atoms with van der Waals surface area (Å²) in [5, 5.41) is 0. The molecule has 1 aliphatic carbocycles. The lowest BCUT2D eigenvalue weighted by molar-refractivity contribution is 0.703. The molecule has 0 N–H and O–H groups in total. The van der Waals surface area contributed by atoms with Crippen molar-refractivity contribution in [1.29, 1.82) is 0 Å². The fourth-order valence-electron chi connectivity index (χ4n) is 10.4. The molecule has 0 bridgehead atoms. The molecule has 0 spiro atoms. The van der Waals surface area contributed by atoms with Gasteiger partial charge in [0.1, 0.15) is 0 Å². The van der Waals surface area contributed by atoms with Crippen LogP contribution in [0.15, 0.2) is 276 Å². The van der Waals surface area contributed by atoms with Gasteiger partial charge in [-0.3, -0.25) is 0 Å². The molecule has 12 rings (SSSR count). The summed E-state index contributed by atoms with van der Waals surface area (Å²) in [6, 6.07) is 95.9. The van der Waals surface area contributed by atoms with Crippen LogP contribution >= 0.6 is 54.5 Å². The summed E-state index contributed by atoms with van der Waals surface area (Å²) in [5.41, 5.74) is 16.2. The Labute approximate surface area is 442 Å². The summed E-state index contributed by atoms with van der Waals surface area (Å²) in [7, 11) is 0.